The van der Waals surface area contributed by atoms with Gasteiger partial charge in [-0.1, -0.05) is 45.0 Å². The number of ether oxygens (including phenoxy) is 1. The number of benzene rings is 1. The van der Waals surface area contributed by atoms with Gasteiger partial charge in [-0.3, -0.25) is 0 Å². The monoisotopic (exact) mass is 190 g/mol. The lowest BCUT2D eigenvalue weighted by Crippen LogP contribution is -2.38. The van der Waals surface area contributed by atoms with Gasteiger partial charge in [0, 0.05) is 5.41 Å². The Morgan fingerprint density at radius 3 is 2.71 bits per heavy atom. The zero-order valence-corrected chi connectivity index (χ0v) is 9.21. The van der Waals surface area contributed by atoms with Gasteiger partial charge in [0.05, 0.1) is 13.2 Å². The molecule has 1 aromatic rings. The normalized spacial score (nSPS) is 26.3. The second-order valence-electron chi connectivity index (χ2n) is 4.72. The summed E-state index contributed by atoms with van der Waals surface area (Å²) in [7, 11) is 0. The standard InChI is InChI=1S/C13H18O/c1-10(2)13(3)9-14-8-11-6-4-5-7-12(11)13/h4-7,10H,8-9H2,1-3H3. The molecule has 0 saturated carbocycles. The Labute approximate surface area is 86.1 Å². The zero-order chi connectivity index (χ0) is 10.2. The molecular weight excluding hydrogens is 172 g/mol. The summed E-state index contributed by atoms with van der Waals surface area (Å²) in [5, 5.41) is 0. The van der Waals surface area contributed by atoms with Gasteiger partial charge >= 0.3 is 0 Å². The van der Waals surface area contributed by atoms with Gasteiger partial charge in [-0.25, -0.2) is 0 Å². The summed E-state index contributed by atoms with van der Waals surface area (Å²) in [6.07, 6.45) is 0. The highest BCUT2D eigenvalue weighted by molar-refractivity contribution is 5.35. The fourth-order valence-electron chi connectivity index (χ4n) is 2.13. The Kier molecular flexibility index (Phi) is 2.36. The predicted molar refractivity (Wildman–Crippen MR) is 58.3 cm³/mol. The quantitative estimate of drug-likeness (QED) is 0.661. The lowest BCUT2D eigenvalue weighted by atomic mass is 9.71. The molecule has 0 aromatic heterocycles. The topological polar surface area (TPSA) is 9.23 Å². The van der Waals surface area contributed by atoms with Gasteiger partial charge in [0.1, 0.15) is 0 Å². The Morgan fingerprint density at radius 1 is 1.29 bits per heavy atom. The van der Waals surface area contributed by atoms with E-state index in [1.807, 2.05) is 0 Å². The van der Waals surface area contributed by atoms with Crippen molar-refractivity contribution in [3.8, 4) is 0 Å². The van der Waals surface area contributed by atoms with Crippen LogP contribution in [-0.2, 0) is 16.8 Å². The fourth-order valence-corrected chi connectivity index (χ4v) is 2.13. The molecule has 1 heterocycles. The van der Waals surface area contributed by atoms with Crippen LogP contribution in [0.25, 0.3) is 0 Å². The van der Waals surface area contributed by atoms with Crippen molar-refractivity contribution < 1.29 is 4.74 Å². The zero-order valence-electron chi connectivity index (χ0n) is 9.21. The van der Waals surface area contributed by atoms with E-state index in [2.05, 4.69) is 45.0 Å². The fraction of sp³-hybridized carbons (Fsp3) is 0.538. The molecule has 2 rings (SSSR count). The van der Waals surface area contributed by atoms with Crippen LogP contribution in [0.5, 0.6) is 0 Å². The summed E-state index contributed by atoms with van der Waals surface area (Å²) in [5.74, 6) is 0.615. The highest BCUT2D eigenvalue weighted by atomic mass is 16.5. The molecule has 1 nitrogen and oxygen atoms in total. The Bertz CT molecular complexity index is 330. The molecule has 0 amide bonds. The Hall–Kier alpha value is -0.820. The molecule has 14 heavy (non-hydrogen) atoms. The van der Waals surface area contributed by atoms with Crippen molar-refractivity contribution in [1.82, 2.24) is 0 Å². The van der Waals surface area contributed by atoms with Crippen LogP contribution in [0.3, 0.4) is 0 Å². The van der Waals surface area contributed by atoms with Crippen molar-refractivity contribution in [1.29, 1.82) is 0 Å². The van der Waals surface area contributed by atoms with Gasteiger partial charge in [0.15, 0.2) is 0 Å². The summed E-state index contributed by atoms with van der Waals surface area (Å²) in [6, 6.07) is 8.64. The molecule has 0 N–H and O–H groups in total. The van der Waals surface area contributed by atoms with Crippen molar-refractivity contribution in [3.63, 3.8) is 0 Å². The first-order chi connectivity index (χ1) is 6.64. The number of hydrogen-bond donors (Lipinski definition) is 0. The highest BCUT2D eigenvalue weighted by Gasteiger charge is 2.35. The predicted octanol–water partition coefficient (Wildman–Crippen LogP) is 3.13. The van der Waals surface area contributed by atoms with E-state index in [-0.39, 0.29) is 5.41 Å². The smallest absolute Gasteiger partial charge is 0.0720 e. The molecule has 1 unspecified atom stereocenters. The van der Waals surface area contributed by atoms with E-state index in [9.17, 15) is 0 Å². The molecular formula is C13H18O. The first-order valence-corrected chi connectivity index (χ1v) is 5.31. The molecule has 1 atom stereocenters. The van der Waals surface area contributed by atoms with E-state index in [0.29, 0.717) is 5.92 Å². The van der Waals surface area contributed by atoms with E-state index in [4.69, 9.17) is 4.74 Å². The third kappa shape index (κ3) is 1.36. The van der Waals surface area contributed by atoms with Crippen LogP contribution in [0.1, 0.15) is 31.9 Å². The van der Waals surface area contributed by atoms with Crippen molar-refractivity contribution in [2.24, 2.45) is 5.92 Å². The molecule has 0 spiro atoms. The molecule has 1 aromatic carbocycles. The first-order valence-electron chi connectivity index (χ1n) is 5.31. The lowest BCUT2D eigenvalue weighted by molar-refractivity contribution is 0.0391. The average molecular weight is 190 g/mol. The maximum Gasteiger partial charge on any atom is 0.0720 e. The van der Waals surface area contributed by atoms with E-state index >= 15 is 0 Å². The minimum atomic E-state index is 0.189. The summed E-state index contributed by atoms with van der Waals surface area (Å²) < 4.78 is 5.67. The summed E-state index contributed by atoms with van der Waals surface area (Å²) in [5.41, 5.74) is 3.02. The van der Waals surface area contributed by atoms with Crippen LogP contribution >= 0.6 is 0 Å². The summed E-state index contributed by atoms with van der Waals surface area (Å²) in [4.78, 5) is 0. The Balaban J connectivity index is 2.50. The van der Waals surface area contributed by atoms with Crippen LogP contribution in [-0.4, -0.2) is 6.61 Å². The van der Waals surface area contributed by atoms with E-state index in [1.54, 1.807) is 0 Å². The summed E-state index contributed by atoms with van der Waals surface area (Å²) in [6.45, 7) is 8.47. The van der Waals surface area contributed by atoms with Crippen molar-refractivity contribution in [3.05, 3.63) is 35.4 Å². The SMILES string of the molecule is CC(C)C1(C)COCc2ccccc21. The van der Waals surface area contributed by atoms with Gasteiger partial charge in [0.2, 0.25) is 0 Å². The molecule has 0 aliphatic carbocycles. The van der Waals surface area contributed by atoms with Crippen molar-refractivity contribution in [2.45, 2.75) is 32.8 Å². The van der Waals surface area contributed by atoms with E-state index < -0.39 is 0 Å². The lowest BCUT2D eigenvalue weighted by Gasteiger charge is -2.39. The Morgan fingerprint density at radius 2 is 2.00 bits per heavy atom. The maximum absolute atomic E-state index is 5.67. The highest BCUT2D eigenvalue weighted by Crippen LogP contribution is 2.37. The average Bonchev–Trinajstić information content (AvgIpc) is 2.18. The van der Waals surface area contributed by atoms with Crippen molar-refractivity contribution >= 4 is 0 Å². The van der Waals surface area contributed by atoms with Gasteiger partial charge < -0.3 is 4.74 Å². The van der Waals surface area contributed by atoms with Crippen LogP contribution in [0.2, 0.25) is 0 Å². The van der Waals surface area contributed by atoms with Crippen LogP contribution in [0.15, 0.2) is 24.3 Å². The molecule has 1 aliphatic heterocycles. The molecule has 0 radical (unpaired) electrons. The second-order valence-corrected chi connectivity index (χ2v) is 4.72. The van der Waals surface area contributed by atoms with E-state index in [1.165, 1.54) is 11.1 Å². The third-order valence-corrected chi connectivity index (χ3v) is 3.57. The van der Waals surface area contributed by atoms with Gasteiger partial charge in [0.25, 0.3) is 0 Å². The first kappa shape index (κ1) is 9.72. The number of rotatable bonds is 1. The van der Waals surface area contributed by atoms with Crippen LogP contribution in [0, 0.1) is 5.92 Å². The minimum absolute atomic E-state index is 0.189. The number of hydrogen-bond acceptors (Lipinski definition) is 1. The largest absolute Gasteiger partial charge is 0.376 e. The molecule has 0 fully saturated rings. The summed E-state index contributed by atoms with van der Waals surface area (Å²) >= 11 is 0. The van der Waals surface area contributed by atoms with Gasteiger partial charge in [-0.2, -0.15) is 0 Å². The van der Waals surface area contributed by atoms with Crippen molar-refractivity contribution in [2.75, 3.05) is 6.61 Å². The number of fused-ring (bicyclic) bond motifs is 1. The van der Waals surface area contributed by atoms with E-state index in [0.717, 1.165) is 13.2 Å². The minimum Gasteiger partial charge on any atom is -0.376 e. The van der Waals surface area contributed by atoms with Gasteiger partial charge in [-0.15, -0.1) is 0 Å². The molecule has 1 heteroatoms. The second kappa shape index (κ2) is 3.39. The third-order valence-electron chi connectivity index (χ3n) is 3.57. The van der Waals surface area contributed by atoms with Crippen LogP contribution in [0.4, 0.5) is 0 Å². The molecule has 1 aliphatic rings. The molecule has 0 bridgehead atoms. The maximum atomic E-state index is 5.67. The van der Waals surface area contributed by atoms with Gasteiger partial charge in [-0.05, 0) is 17.0 Å². The van der Waals surface area contributed by atoms with Crippen LogP contribution < -0.4 is 0 Å². The molecule has 0 saturated heterocycles. The molecule has 76 valence electrons.